The summed E-state index contributed by atoms with van der Waals surface area (Å²) in [5, 5.41) is 11.3. The van der Waals surface area contributed by atoms with Crippen LogP contribution in [0.3, 0.4) is 0 Å². The Morgan fingerprint density at radius 3 is 2.62 bits per heavy atom. The third-order valence-corrected chi connectivity index (χ3v) is 6.06. The molecule has 3 heterocycles. The van der Waals surface area contributed by atoms with E-state index in [9.17, 15) is 14.7 Å². The van der Waals surface area contributed by atoms with Crippen molar-refractivity contribution in [2.75, 3.05) is 20.3 Å². The van der Waals surface area contributed by atoms with E-state index in [4.69, 9.17) is 13.9 Å². The van der Waals surface area contributed by atoms with Gasteiger partial charge in [0.05, 0.1) is 25.1 Å². The van der Waals surface area contributed by atoms with Gasteiger partial charge in [0, 0.05) is 24.3 Å². The third kappa shape index (κ3) is 3.93. The van der Waals surface area contributed by atoms with E-state index in [-0.39, 0.29) is 29.4 Å². The molecular formula is C25H29NO6. The number of ketones is 1. The van der Waals surface area contributed by atoms with Crippen molar-refractivity contribution >= 4 is 17.4 Å². The molecule has 2 fully saturated rings. The van der Waals surface area contributed by atoms with Crippen molar-refractivity contribution in [1.82, 2.24) is 4.90 Å². The minimum absolute atomic E-state index is 0.0213. The van der Waals surface area contributed by atoms with Gasteiger partial charge in [-0.1, -0.05) is 20.8 Å². The average Bonchev–Trinajstić information content (AvgIpc) is 3.51. The lowest BCUT2D eigenvalue weighted by molar-refractivity contribution is -0.141. The van der Waals surface area contributed by atoms with Crippen molar-refractivity contribution in [1.29, 1.82) is 0 Å². The van der Waals surface area contributed by atoms with Crippen LogP contribution in [-0.4, -0.2) is 48.1 Å². The van der Waals surface area contributed by atoms with Crippen molar-refractivity contribution in [3.63, 3.8) is 0 Å². The van der Waals surface area contributed by atoms with E-state index in [0.717, 1.165) is 18.4 Å². The second-order valence-corrected chi connectivity index (χ2v) is 9.27. The summed E-state index contributed by atoms with van der Waals surface area (Å²) in [5.74, 6) is -0.500. The summed E-state index contributed by atoms with van der Waals surface area (Å²) in [7, 11) is 1.59. The largest absolute Gasteiger partial charge is 0.507 e. The van der Waals surface area contributed by atoms with Crippen molar-refractivity contribution in [2.24, 2.45) is 0 Å². The summed E-state index contributed by atoms with van der Waals surface area (Å²) < 4.78 is 16.8. The number of aliphatic hydroxyl groups excluding tert-OH is 1. The topological polar surface area (TPSA) is 89.2 Å². The number of Topliss-reactive ketones (excluding diaryl/α,β-unsaturated/α-hetero) is 1. The molecule has 4 rings (SSSR count). The summed E-state index contributed by atoms with van der Waals surface area (Å²) in [5.41, 5.74) is 1.09. The molecule has 170 valence electrons. The number of furan rings is 1. The third-order valence-electron chi connectivity index (χ3n) is 6.06. The fraction of sp³-hybridized carbons (Fsp3) is 0.440. The fourth-order valence-corrected chi connectivity index (χ4v) is 4.42. The number of hydrogen-bond acceptors (Lipinski definition) is 6. The summed E-state index contributed by atoms with van der Waals surface area (Å²) in [4.78, 5) is 27.5. The van der Waals surface area contributed by atoms with Gasteiger partial charge >= 0.3 is 0 Å². The van der Waals surface area contributed by atoms with E-state index in [1.54, 1.807) is 37.4 Å². The standard InChI is InChI=1S/C25H29NO6/c1-25(2,3)17-13-15(9-10-18(17)30-4)22(27)20-21(19-8-6-12-32-19)26(24(29)23(20)28)14-16-7-5-11-31-16/h6,8-10,12-13,16,21,27H,5,7,11,14H2,1-4H3/b22-20-. The minimum atomic E-state index is -0.811. The molecule has 1 aromatic heterocycles. The van der Waals surface area contributed by atoms with Crippen molar-refractivity contribution < 1.29 is 28.6 Å². The first-order valence-electron chi connectivity index (χ1n) is 10.8. The van der Waals surface area contributed by atoms with E-state index in [1.165, 1.54) is 11.2 Å². The zero-order valence-corrected chi connectivity index (χ0v) is 18.9. The number of methoxy groups -OCH3 is 1. The van der Waals surface area contributed by atoms with Crippen LogP contribution < -0.4 is 4.74 Å². The van der Waals surface area contributed by atoms with Crippen LogP contribution in [0.5, 0.6) is 5.75 Å². The van der Waals surface area contributed by atoms with Crippen LogP contribution in [0.15, 0.2) is 46.6 Å². The van der Waals surface area contributed by atoms with Gasteiger partial charge in [-0.3, -0.25) is 9.59 Å². The Balaban J connectivity index is 1.82. The first-order chi connectivity index (χ1) is 15.2. The van der Waals surface area contributed by atoms with Crippen LogP contribution in [0, 0.1) is 0 Å². The van der Waals surface area contributed by atoms with E-state index in [1.807, 2.05) is 20.8 Å². The molecule has 0 aliphatic carbocycles. The van der Waals surface area contributed by atoms with Crippen molar-refractivity contribution in [3.05, 3.63) is 59.1 Å². The summed E-state index contributed by atoms with van der Waals surface area (Å²) in [6, 6.07) is 7.86. The lowest BCUT2D eigenvalue weighted by atomic mass is 9.84. The smallest absolute Gasteiger partial charge is 0.295 e. The predicted molar refractivity (Wildman–Crippen MR) is 118 cm³/mol. The molecule has 7 heteroatoms. The van der Waals surface area contributed by atoms with Gasteiger partial charge in [-0.15, -0.1) is 0 Å². The molecule has 0 spiro atoms. The Kier molecular flexibility index (Phi) is 5.86. The summed E-state index contributed by atoms with van der Waals surface area (Å²) in [6.07, 6.45) is 3.09. The molecule has 0 bridgehead atoms. The van der Waals surface area contributed by atoms with E-state index >= 15 is 0 Å². The van der Waals surface area contributed by atoms with Gasteiger partial charge in [-0.25, -0.2) is 0 Å². The molecule has 1 aromatic carbocycles. The molecule has 2 aromatic rings. The maximum Gasteiger partial charge on any atom is 0.295 e. The molecule has 2 unspecified atom stereocenters. The van der Waals surface area contributed by atoms with Crippen molar-refractivity contribution in [3.8, 4) is 5.75 Å². The van der Waals surface area contributed by atoms with Crippen molar-refractivity contribution in [2.45, 2.75) is 51.2 Å². The predicted octanol–water partition coefficient (Wildman–Crippen LogP) is 4.19. The number of hydrogen-bond donors (Lipinski definition) is 1. The Hall–Kier alpha value is -3.06. The van der Waals surface area contributed by atoms with Crippen LogP contribution in [0.1, 0.15) is 56.5 Å². The molecule has 2 aliphatic rings. The second-order valence-electron chi connectivity index (χ2n) is 9.27. The average molecular weight is 440 g/mol. The monoisotopic (exact) mass is 439 g/mol. The van der Waals surface area contributed by atoms with Gasteiger partial charge < -0.3 is 23.9 Å². The lowest BCUT2D eigenvalue weighted by Gasteiger charge is -2.26. The van der Waals surface area contributed by atoms with E-state index in [2.05, 4.69) is 0 Å². The number of aliphatic hydroxyl groups is 1. The second kappa shape index (κ2) is 8.47. The van der Waals surface area contributed by atoms with Gasteiger partial charge in [-0.05, 0) is 48.6 Å². The van der Waals surface area contributed by atoms with Crippen LogP contribution in [0.2, 0.25) is 0 Å². The van der Waals surface area contributed by atoms with Gasteiger partial charge in [0.2, 0.25) is 0 Å². The number of benzene rings is 1. The zero-order chi connectivity index (χ0) is 23.0. The first kappa shape index (κ1) is 22.1. The number of carbonyl (C=O) groups excluding carboxylic acids is 2. The normalized spacial score (nSPS) is 23.2. The van der Waals surface area contributed by atoms with Crippen LogP contribution in [-0.2, 0) is 19.7 Å². The van der Waals surface area contributed by atoms with Gasteiger partial charge in [0.25, 0.3) is 11.7 Å². The summed E-state index contributed by atoms with van der Waals surface area (Å²) in [6.45, 7) is 7.03. The Morgan fingerprint density at radius 2 is 2.03 bits per heavy atom. The maximum atomic E-state index is 13.1. The Labute approximate surface area is 187 Å². The van der Waals surface area contributed by atoms with Crippen LogP contribution in [0.4, 0.5) is 0 Å². The number of amides is 1. The maximum absolute atomic E-state index is 13.1. The molecule has 32 heavy (non-hydrogen) atoms. The molecule has 1 amide bonds. The Bertz CT molecular complexity index is 1040. The molecule has 0 radical (unpaired) electrons. The SMILES string of the molecule is COc1ccc(/C(O)=C2/C(=O)C(=O)N(CC3CCCO3)C2c2ccco2)cc1C(C)(C)C. The highest BCUT2D eigenvalue weighted by Crippen LogP contribution is 2.41. The molecule has 2 atom stereocenters. The molecule has 1 N–H and O–H groups in total. The molecular weight excluding hydrogens is 410 g/mol. The van der Waals surface area contributed by atoms with E-state index in [0.29, 0.717) is 23.7 Å². The highest BCUT2D eigenvalue weighted by atomic mass is 16.5. The first-order valence-corrected chi connectivity index (χ1v) is 10.8. The fourth-order valence-electron chi connectivity index (χ4n) is 4.42. The van der Waals surface area contributed by atoms with E-state index < -0.39 is 17.7 Å². The quantitative estimate of drug-likeness (QED) is 0.427. The zero-order valence-electron chi connectivity index (χ0n) is 18.9. The van der Waals surface area contributed by atoms with Crippen LogP contribution in [0.25, 0.3) is 5.76 Å². The number of rotatable bonds is 5. The van der Waals surface area contributed by atoms with Gasteiger partial charge in [0.15, 0.2) is 0 Å². The molecule has 2 aliphatic heterocycles. The minimum Gasteiger partial charge on any atom is -0.507 e. The highest BCUT2D eigenvalue weighted by Gasteiger charge is 2.48. The number of nitrogens with zero attached hydrogens (tertiary/aromatic N) is 1. The number of likely N-dealkylation sites (tertiary alicyclic amines) is 1. The number of carbonyl (C=O) groups is 2. The van der Waals surface area contributed by atoms with Gasteiger partial charge in [-0.2, -0.15) is 0 Å². The van der Waals surface area contributed by atoms with Crippen LogP contribution >= 0.6 is 0 Å². The summed E-state index contributed by atoms with van der Waals surface area (Å²) >= 11 is 0. The molecule has 7 nitrogen and oxygen atoms in total. The van der Waals surface area contributed by atoms with Gasteiger partial charge in [0.1, 0.15) is 23.3 Å². The number of ether oxygens (including phenoxy) is 2. The highest BCUT2D eigenvalue weighted by molar-refractivity contribution is 6.46. The molecule has 2 saturated heterocycles. The Morgan fingerprint density at radius 1 is 1.25 bits per heavy atom. The molecule has 0 saturated carbocycles. The lowest BCUT2D eigenvalue weighted by Crippen LogP contribution is -2.36.